The molecule has 0 fully saturated rings. The van der Waals surface area contributed by atoms with Gasteiger partial charge in [0.15, 0.2) is 0 Å². The van der Waals surface area contributed by atoms with Crippen LogP contribution in [0.25, 0.3) is 0 Å². The number of alkyl halides is 34. The van der Waals surface area contributed by atoms with Crippen LogP contribution in [0.15, 0.2) is 0 Å². The van der Waals surface area contributed by atoms with Crippen LogP contribution >= 0.6 is 23.5 Å². The van der Waals surface area contributed by atoms with Crippen molar-refractivity contribution < 1.29 is 154 Å². The molecule has 0 spiro atoms. The van der Waals surface area contributed by atoms with Crippen molar-refractivity contribution in [3.05, 3.63) is 0 Å². The zero-order valence-corrected chi connectivity index (χ0v) is 27.7. The number of carbonyl (C=O) groups is 1. The summed E-state index contributed by atoms with van der Waals surface area (Å²) in [6.07, 6.45) is -23.6. The Balaban J connectivity index is 6.24. The van der Waals surface area contributed by atoms with Gasteiger partial charge in [-0.25, -0.2) is 0 Å². The number of hydrogen-bond donors (Lipinski definition) is 0. The molecule has 0 saturated carbocycles. The number of aldehydes is 1. The van der Waals surface area contributed by atoms with Gasteiger partial charge in [0.25, 0.3) is 0 Å². The number of halogens is 34. The van der Waals surface area contributed by atoms with Crippen LogP contribution in [0, 0.1) is 0 Å². The Morgan fingerprint density at radius 2 is 0.458 bits per heavy atom. The van der Waals surface area contributed by atoms with Crippen molar-refractivity contribution in [3.63, 3.8) is 0 Å². The summed E-state index contributed by atoms with van der Waals surface area (Å²) in [5.74, 6) is -123. The normalized spacial score (nSPS) is 16.6. The molecule has 0 bridgehead atoms. The van der Waals surface area contributed by atoms with Crippen molar-refractivity contribution in [2.24, 2.45) is 0 Å². The number of carbonyl (C=O) groups excluding carboxylic acids is 1. The highest BCUT2D eigenvalue weighted by molar-refractivity contribution is 8.17. The second kappa shape index (κ2) is 15.7. The molecule has 0 radical (unpaired) electrons. The van der Waals surface area contributed by atoms with Gasteiger partial charge in [-0.15, -0.1) is 23.5 Å². The third-order valence-electron chi connectivity index (χ3n) is 7.08. The Morgan fingerprint density at radius 3 is 0.627 bits per heavy atom. The Kier molecular flexibility index (Phi) is 15.1. The minimum Gasteiger partial charge on any atom is -0.301 e. The van der Waals surface area contributed by atoms with Gasteiger partial charge >= 0.3 is 95.3 Å². The lowest BCUT2D eigenvalue weighted by molar-refractivity contribution is -0.461. The molecule has 0 N–H and O–H groups in total. The van der Waals surface area contributed by atoms with Gasteiger partial charge in [-0.1, -0.05) is 0 Å². The van der Waals surface area contributed by atoms with E-state index in [-0.39, 0.29) is 0 Å². The van der Waals surface area contributed by atoms with Gasteiger partial charge in [-0.2, -0.15) is 149 Å². The summed E-state index contributed by atoms with van der Waals surface area (Å²) in [4.78, 5) is 11.0. The van der Waals surface area contributed by atoms with Gasteiger partial charge in [0.2, 0.25) is 0 Å². The lowest BCUT2D eigenvalue weighted by atomic mass is 9.88. The van der Waals surface area contributed by atoms with E-state index in [0.29, 0.717) is 0 Å². The Labute approximate surface area is 308 Å². The third kappa shape index (κ3) is 8.33. The van der Waals surface area contributed by atoms with Gasteiger partial charge in [0.1, 0.15) is 10.9 Å². The predicted octanol–water partition coefficient (Wildman–Crippen LogP) is 12.8. The highest BCUT2D eigenvalue weighted by Gasteiger charge is 2.96. The first-order valence-corrected chi connectivity index (χ1v) is 15.3. The monoisotopic (exact) mass is 1000 g/mol. The van der Waals surface area contributed by atoms with Crippen molar-refractivity contribution in [3.8, 4) is 0 Å². The fourth-order valence-corrected chi connectivity index (χ4v) is 5.77. The van der Waals surface area contributed by atoms with Crippen LogP contribution in [0.4, 0.5) is 149 Å². The number of thioether (sulfide) groups is 2. The van der Waals surface area contributed by atoms with E-state index in [9.17, 15) is 154 Å². The van der Waals surface area contributed by atoms with Gasteiger partial charge in [0.05, 0.1) is 0 Å². The number of hydrogen-bond acceptors (Lipinski definition) is 3. The summed E-state index contributed by atoms with van der Waals surface area (Å²) < 4.78 is 450. The maximum absolute atomic E-state index is 14.0. The Hall–Kier alpha value is -2.01. The standard InChI is InChI=1S/C22H10F34OS2/c23-7(24,9(27,28)11(31,32)13(35,36)15(39,40)17(43,44)19(47,48)21(51,52)53)1-3-58-6(5-57)59-4-2-8(25,26)10(29,30)12(33,34)14(37,38)16(41,42)18(45,46)20(49,50)22(54,55)56/h5-6H,1-4H2. The molecular formula is C22H10F34OS2. The summed E-state index contributed by atoms with van der Waals surface area (Å²) in [6.45, 7) is 0. The first kappa shape index (κ1) is 57.0. The molecule has 0 aromatic rings. The molecule has 0 aliphatic heterocycles. The summed E-state index contributed by atoms with van der Waals surface area (Å²) in [6, 6.07) is 0. The molecular weight excluding hydrogens is 990 g/mol. The van der Waals surface area contributed by atoms with Gasteiger partial charge < -0.3 is 4.79 Å². The summed E-state index contributed by atoms with van der Waals surface area (Å²) in [5, 5.41) is 0. The molecule has 0 aromatic carbocycles. The Morgan fingerprint density at radius 1 is 0.288 bits per heavy atom. The molecule has 0 atom stereocenters. The van der Waals surface area contributed by atoms with E-state index < -0.39 is 154 Å². The molecule has 0 heterocycles. The van der Waals surface area contributed by atoms with Gasteiger partial charge in [0, 0.05) is 24.3 Å². The second-order valence-corrected chi connectivity index (χ2v) is 13.8. The van der Waals surface area contributed by atoms with Crippen molar-refractivity contribution in [2.45, 2.75) is 113 Å². The molecule has 59 heavy (non-hydrogen) atoms. The van der Waals surface area contributed by atoms with Crippen LogP contribution in [0.1, 0.15) is 12.8 Å². The van der Waals surface area contributed by atoms with E-state index in [1.807, 2.05) is 0 Å². The predicted molar refractivity (Wildman–Crippen MR) is 125 cm³/mol. The zero-order chi connectivity index (χ0) is 48.5. The lowest BCUT2D eigenvalue weighted by Crippen LogP contribution is -2.74. The van der Waals surface area contributed by atoms with Crippen molar-refractivity contribution in [2.75, 3.05) is 11.5 Å². The summed E-state index contributed by atoms with van der Waals surface area (Å²) >= 11 is -1.82. The largest absolute Gasteiger partial charge is 0.460 e. The smallest absolute Gasteiger partial charge is 0.301 e. The van der Waals surface area contributed by atoms with Crippen LogP contribution < -0.4 is 0 Å². The molecule has 0 aromatic heterocycles. The van der Waals surface area contributed by atoms with E-state index >= 15 is 0 Å². The topological polar surface area (TPSA) is 17.1 Å². The average molecular weight is 1000 g/mol. The first-order valence-electron chi connectivity index (χ1n) is 13.3. The maximum atomic E-state index is 14.0. The van der Waals surface area contributed by atoms with E-state index in [2.05, 4.69) is 0 Å². The molecule has 0 rings (SSSR count). The lowest BCUT2D eigenvalue weighted by Gasteiger charge is -2.42. The quantitative estimate of drug-likeness (QED) is 0.0648. The SMILES string of the molecule is O=CC(SCCC(F)(F)C(F)(F)C(F)(F)C(F)(F)C(F)(F)C(F)(F)C(F)(F)C(F)(F)F)SCCC(F)(F)C(F)(F)C(F)(F)C(F)(F)C(F)(F)C(F)(F)C(F)(F)C(F)(F)F. The fourth-order valence-electron chi connectivity index (χ4n) is 3.44. The molecule has 0 saturated heterocycles. The maximum Gasteiger partial charge on any atom is 0.460 e. The average Bonchev–Trinajstić information content (AvgIpc) is 3.01. The molecule has 0 amide bonds. The summed E-state index contributed by atoms with van der Waals surface area (Å²) in [5.41, 5.74) is 0. The fraction of sp³-hybridized carbons (Fsp3) is 0.955. The number of rotatable bonds is 21. The molecule has 0 aliphatic carbocycles. The van der Waals surface area contributed by atoms with Crippen LogP contribution in [-0.4, -0.2) is 118 Å². The molecule has 0 unspecified atom stereocenters. The minimum atomic E-state index is -9.01. The summed E-state index contributed by atoms with van der Waals surface area (Å²) in [7, 11) is 0. The highest BCUT2D eigenvalue weighted by atomic mass is 32.2. The highest BCUT2D eigenvalue weighted by Crippen LogP contribution is 2.66. The van der Waals surface area contributed by atoms with Crippen LogP contribution in [0.2, 0.25) is 0 Å². The van der Waals surface area contributed by atoms with Crippen molar-refractivity contribution in [1.82, 2.24) is 0 Å². The van der Waals surface area contributed by atoms with E-state index in [0.717, 1.165) is 0 Å². The second-order valence-electron chi connectivity index (χ2n) is 11.0. The van der Waals surface area contributed by atoms with E-state index in [1.54, 1.807) is 0 Å². The van der Waals surface area contributed by atoms with Gasteiger partial charge in [-0.05, 0) is 0 Å². The minimum absolute atomic E-state index is 0.875. The van der Waals surface area contributed by atoms with E-state index in [4.69, 9.17) is 0 Å². The first-order chi connectivity index (χ1) is 25.1. The van der Waals surface area contributed by atoms with Crippen molar-refractivity contribution in [1.29, 1.82) is 0 Å². The van der Waals surface area contributed by atoms with Crippen LogP contribution in [0.5, 0.6) is 0 Å². The third-order valence-corrected chi connectivity index (χ3v) is 9.66. The van der Waals surface area contributed by atoms with Crippen molar-refractivity contribution >= 4 is 29.8 Å². The molecule has 0 aliphatic rings. The zero-order valence-electron chi connectivity index (χ0n) is 26.1. The Bertz CT molecular complexity index is 1350. The van der Waals surface area contributed by atoms with Gasteiger partial charge in [-0.3, -0.25) is 0 Å². The molecule has 1 nitrogen and oxygen atoms in total. The van der Waals surface area contributed by atoms with Crippen LogP contribution in [0.3, 0.4) is 0 Å². The van der Waals surface area contributed by atoms with Crippen LogP contribution in [-0.2, 0) is 4.79 Å². The molecule has 354 valence electrons. The van der Waals surface area contributed by atoms with E-state index in [1.165, 1.54) is 0 Å². The molecule has 37 heteroatoms.